The Hall–Kier alpha value is -3.68. The van der Waals surface area contributed by atoms with E-state index in [4.69, 9.17) is 14.2 Å². The molecule has 3 saturated heterocycles. The van der Waals surface area contributed by atoms with E-state index in [0.717, 1.165) is 37.0 Å². The summed E-state index contributed by atoms with van der Waals surface area (Å²) in [5.41, 5.74) is -0.136. The van der Waals surface area contributed by atoms with Crippen LogP contribution in [0, 0.1) is 5.92 Å². The Kier molecular flexibility index (Phi) is 5.74. The highest BCUT2D eigenvalue weighted by molar-refractivity contribution is 5.42. The van der Waals surface area contributed by atoms with Crippen molar-refractivity contribution in [3.63, 3.8) is 0 Å². The first-order valence-corrected chi connectivity index (χ1v) is 12.5. The Labute approximate surface area is 210 Å². The predicted molar refractivity (Wildman–Crippen MR) is 133 cm³/mol. The third kappa shape index (κ3) is 4.14. The van der Waals surface area contributed by atoms with Gasteiger partial charge in [0.15, 0.2) is 18.2 Å². The summed E-state index contributed by atoms with van der Waals surface area (Å²) in [6.45, 7) is 3.51. The van der Waals surface area contributed by atoms with E-state index in [1.54, 1.807) is 18.2 Å². The van der Waals surface area contributed by atoms with Crippen LogP contribution in [0.5, 0.6) is 11.5 Å². The van der Waals surface area contributed by atoms with Gasteiger partial charge in [-0.05, 0) is 23.3 Å². The number of ether oxygens (including phenoxy) is 1. The van der Waals surface area contributed by atoms with Crippen molar-refractivity contribution in [1.82, 2.24) is 10.1 Å². The average Bonchev–Trinajstić information content (AvgIpc) is 3.38. The average molecular weight is 485 g/mol. The maximum Gasteiger partial charge on any atom is 0.282 e. The number of aromatic hydroxyl groups is 1. The molecule has 2 bridgehead atoms. The van der Waals surface area contributed by atoms with Crippen LogP contribution in [0.15, 0.2) is 89.5 Å². The number of phenolic OH excluding ortho intramolecular Hbond substituents is 1. The zero-order valence-corrected chi connectivity index (χ0v) is 20.0. The minimum Gasteiger partial charge on any atom is -0.508 e. The van der Waals surface area contributed by atoms with Crippen LogP contribution in [0.3, 0.4) is 0 Å². The third-order valence-corrected chi connectivity index (χ3v) is 7.79. The molecule has 0 unspecified atom stereocenters. The zero-order chi connectivity index (χ0) is 24.6. The highest BCUT2D eigenvalue weighted by Crippen LogP contribution is 2.39. The second-order valence-corrected chi connectivity index (χ2v) is 10.1. The smallest absolute Gasteiger partial charge is 0.282 e. The molecule has 0 aliphatic carbocycles. The molecule has 3 fully saturated rings. The predicted octanol–water partition coefficient (Wildman–Crippen LogP) is 4.25. The van der Waals surface area contributed by atoms with E-state index in [1.807, 2.05) is 66.7 Å². The van der Waals surface area contributed by atoms with E-state index < -0.39 is 5.60 Å². The molecule has 0 spiro atoms. The van der Waals surface area contributed by atoms with Gasteiger partial charge in [0.25, 0.3) is 5.89 Å². The monoisotopic (exact) mass is 484 g/mol. The van der Waals surface area contributed by atoms with Crippen molar-refractivity contribution in [3.05, 3.63) is 108 Å². The molecule has 4 heterocycles. The number of quaternary nitrogens is 1. The number of aromatic nitrogens is 2. The molecule has 4 aromatic rings. The van der Waals surface area contributed by atoms with Crippen molar-refractivity contribution in [3.8, 4) is 11.5 Å². The zero-order valence-electron chi connectivity index (χ0n) is 20.0. The van der Waals surface area contributed by atoms with Gasteiger partial charge in [-0.3, -0.25) is 0 Å². The van der Waals surface area contributed by atoms with Crippen molar-refractivity contribution in [2.75, 3.05) is 19.6 Å². The molecule has 0 radical (unpaired) electrons. The SMILES string of the molecule is Oc1cccc(O[C@H]2C[N+]3(Cc4nc(C(O)(c5ccccc5)c5ccccc5)no4)CCC2CC3)c1. The van der Waals surface area contributed by atoms with Crippen LogP contribution in [0.1, 0.15) is 35.7 Å². The summed E-state index contributed by atoms with van der Waals surface area (Å²) in [6, 6.07) is 25.9. The quantitative estimate of drug-likeness (QED) is 0.382. The van der Waals surface area contributed by atoms with Crippen LogP contribution in [-0.4, -0.2) is 50.6 Å². The van der Waals surface area contributed by atoms with Gasteiger partial charge in [-0.25, -0.2) is 0 Å². The normalized spacial score (nSPS) is 23.5. The lowest BCUT2D eigenvalue weighted by molar-refractivity contribution is -0.959. The number of benzene rings is 3. The van der Waals surface area contributed by atoms with Crippen LogP contribution in [-0.2, 0) is 12.1 Å². The second kappa shape index (κ2) is 9.08. The lowest BCUT2D eigenvalue weighted by Gasteiger charge is -2.51. The summed E-state index contributed by atoms with van der Waals surface area (Å²) >= 11 is 0. The van der Waals surface area contributed by atoms with Gasteiger partial charge in [0.2, 0.25) is 5.82 Å². The summed E-state index contributed by atoms with van der Waals surface area (Å²) < 4.78 is 12.9. The fraction of sp³-hybridized carbons (Fsp3) is 0.310. The lowest BCUT2D eigenvalue weighted by atomic mass is 9.83. The third-order valence-electron chi connectivity index (χ3n) is 7.79. The molecule has 3 aliphatic rings. The van der Waals surface area contributed by atoms with Gasteiger partial charge >= 0.3 is 0 Å². The number of nitrogens with zero attached hydrogens (tertiary/aromatic N) is 3. The highest BCUT2D eigenvalue weighted by Gasteiger charge is 2.48. The standard InChI is InChI=1S/C29H29N3O4/c33-24-12-7-13-25(18-24)35-26-19-32(16-14-21(26)15-17-32)20-27-30-28(31-36-27)29(34,22-8-3-1-4-9-22)23-10-5-2-6-11-23/h1-13,18,21,26,34H,14-17,19-20H2/p+1/t21?,26-,32?/m0/s1. The molecule has 184 valence electrons. The summed E-state index contributed by atoms with van der Waals surface area (Å²) in [5, 5.41) is 26.1. The number of fused-ring (bicyclic) bond motifs is 3. The van der Waals surface area contributed by atoms with E-state index in [9.17, 15) is 10.2 Å². The maximum atomic E-state index is 12.0. The van der Waals surface area contributed by atoms with E-state index in [2.05, 4.69) is 5.16 Å². The van der Waals surface area contributed by atoms with Crippen LogP contribution in [0.25, 0.3) is 0 Å². The largest absolute Gasteiger partial charge is 0.508 e. The van der Waals surface area contributed by atoms with Gasteiger partial charge in [0.05, 0.1) is 13.1 Å². The molecule has 7 heteroatoms. The first-order valence-electron chi connectivity index (χ1n) is 12.5. The van der Waals surface area contributed by atoms with Gasteiger partial charge in [0.1, 0.15) is 18.0 Å². The molecule has 2 N–H and O–H groups in total. The van der Waals surface area contributed by atoms with E-state index in [1.165, 1.54) is 0 Å². The Balaban J connectivity index is 1.26. The van der Waals surface area contributed by atoms with Gasteiger partial charge in [-0.2, -0.15) is 4.98 Å². The fourth-order valence-corrected chi connectivity index (χ4v) is 5.84. The van der Waals surface area contributed by atoms with Gasteiger partial charge in [-0.15, -0.1) is 0 Å². The van der Waals surface area contributed by atoms with E-state index in [-0.39, 0.29) is 17.7 Å². The molecular formula is C29H30N3O4+. The number of hydrogen-bond donors (Lipinski definition) is 2. The van der Waals surface area contributed by atoms with Crippen molar-refractivity contribution < 1.29 is 24.0 Å². The van der Waals surface area contributed by atoms with Gasteiger partial charge in [-0.1, -0.05) is 71.9 Å². The first-order chi connectivity index (χ1) is 17.5. The van der Waals surface area contributed by atoms with Gasteiger partial charge in [0, 0.05) is 24.8 Å². The van der Waals surface area contributed by atoms with Crippen LogP contribution < -0.4 is 4.74 Å². The van der Waals surface area contributed by atoms with Crippen molar-refractivity contribution in [2.45, 2.75) is 31.1 Å². The molecule has 1 atom stereocenters. The van der Waals surface area contributed by atoms with Crippen molar-refractivity contribution in [1.29, 1.82) is 0 Å². The summed E-state index contributed by atoms with van der Waals surface area (Å²) in [7, 11) is 0. The fourth-order valence-electron chi connectivity index (χ4n) is 5.84. The Morgan fingerprint density at radius 3 is 2.22 bits per heavy atom. The van der Waals surface area contributed by atoms with E-state index >= 15 is 0 Å². The van der Waals surface area contributed by atoms with Crippen LogP contribution in [0.4, 0.5) is 0 Å². The molecule has 7 nitrogen and oxygen atoms in total. The Bertz CT molecular complexity index is 1280. The molecule has 1 aromatic heterocycles. The number of rotatable bonds is 7. The number of hydrogen-bond acceptors (Lipinski definition) is 6. The van der Waals surface area contributed by atoms with Gasteiger partial charge < -0.3 is 24.0 Å². The van der Waals surface area contributed by atoms with Crippen LogP contribution in [0.2, 0.25) is 0 Å². The molecule has 0 amide bonds. The number of piperidine rings is 3. The van der Waals surface area contributed by atoms with Crippen molar-refractivity contribution >= 4 is 0 Å². The molecule has 3 aromatic carbocycles. The molecule has 3 aliphatic heterocycles. The molecule has 0 saturated carbocycles. The topological polar surface area (TPSA) is 88.6 Å². The molecule has 7 rings (SSSR count). The summed E-state index contributed by atoms with van der Waals surface area (Å²) in [5.74, 6) is 2.18. The van der Waals surface area contributed by atoms with E-state index in [0.29, 0.717) is 35.2 Å². The Morgan fingerprint density at radius 1 is 0.917 bits per heavy atom. The minimum absolute atomic E-state index is 0.0715. The number of aliphatic hydroxyl groups is 1. The molecule has 36 heavy (non-hydrogen) atoms. The van der Waals surface area contributed by atoms with Crippen LogP contribution >= 0.6 is 0 Å². The Morgan fingerprint density at radius 2 is 1.58 bits per heavy atom. The van der Waals surface area contributed by atoms with Crippen molar-refractivity contribution in [2.24, 2.45) is 5.92 Å². The summed E-state index contributed by atoms with van der Waals surface area (Å²) in [4.78, 5) is 4.74. The molecular weight excluding hydrogens is 454 g/mol. The summed E-state index contributed by atoms with van der Waals surface area (Å²) in [6.07, 6.45) is 2.22. The first kappa shape index (κ1) is 22.8. The maximum absolute atomic E-state index is 12.0. The lowest BCUT2D eigenvalue weighted by Crippen LogP contribution is -2.64. The highest BCUT2D eigenvalue weighted by atomic mass is 16.5. The minimum atomic E-state index is -1.51. The second-order valence-electron chi connectivity index (χ2n) is 10.1. The number of phenols is 1.